The van der Waals surface area contributed by atoms with Crippen LogP contribution in [0.4, 0.5) is 0 Å². The second kappa shape index (κ2) is 11.6. The maximum absolute atomic E-state index is 12.0. The van der Waals surface area contributed by atoms with Gasteiger partial charge in [0.05, 0.1) is 19.5 Å². The first-order valence-electron chi connectivity index (χ1n) is 10.8. The molecule has 5 N–H and O–H groups in total. The number of carbonyl (C=O) groups is 1. The lowest BCUT2D eigenvalue weighted by Gasteiger charge is -2.39. The van der Waals surface area contributed by atoms with E-state index in [-0.39, 0.29) is 43.5 Å². The lowest BCUT2D eigenvalue weighted by Crippen LogP contribution is -2.60. The molecule has 1 saturated heterocycles. The minimum Gasteiger partial charge on any atom is -0.485 e. The molecular formula is C22H31NO10. The lowest BCUT2D eigenvalue weighted by molar-refractivity contribution is -0.277. The zero-order chi connectivity index (χ0) is 24.0. The molecule has 1 aromatic carbocycles. The van der Waals surface area contributed by atoms with E-state index in [9.17, 15) is 25.2 Å². The molecule has 33 heavy (non-hydrogen) atoms. The van der Waals surface area contributed by atoms with Crippen molar-refractivity contribution in [2.45, 2.75) is 50.5 Å². The van der Waals surface area contributed by atoms with Crippen LogP contribution < -0.4 is 14.8 Å². The van der Waals surface area contributed by atoms with E-state index in [0.717, 1.165) is 5.39 Å². The number of aliphatic hydroxyl groups excluding tert-OH is 4. The Morgan fingerprint density at radius 2 is 1.97 bits per heavy atom. The molecule has 2 aromatic rings. The molecule has 0 unspecified atom stereocenters. The largest absolute Gasteiger partial charge is 0.485 e. The van der Waals surface area contributed by atoms with Gasteiger partial charge in [-0.25, -0.2) is 0 Å². The Labute approximate surface area is 190 Å². The smallest absolute Gasteiger partial charge is 0.306 e. The molecule has 3 rings (SSSR count). The van der Waals surface area contributed by atoms with Crippen molar-refractivity contribution >= 4 is 16.9 Å². The lowest BCUT2D eigenvalue weighted by atomic mass is 9.99. The summed E-state index contributed by atoms with van der Waals surface area (Å²) in [4.78, 5) is 12.0. The van der Waals surface area contributed by atoms with E-state index >= 15 is 0 Å². The summed E-state index contributed by atoms with van der Waals surface area (Å²) < 4.78 is 28.0. The van der Waals surface area contributed by atoms with Gasteiger partial charge in [0.1, 0.15) is 31.0 Å². The normalized spacial score (nSPS) is 25.2. The molecule has 1 aliphatic heterocycles. The van der Waals surface area contributed by atoms with Crippen LogP contribution in [0.3, 0.4) is 0 Å². The highest BCUT2D eigenvalue weighted by molar-refractivity contribution is 5.87. The summed E-state index contributed by atoms with van der Waals surface area (Å²) in [6.45, 7) is 2.17. The standard InChI is InChI=1S/C22H31NO10/c1-3-29-15(25)5-4-12-10-13-6-8-30-19(13)21(31-9-7-23-2)20(12)33-22-18(28)17(27)16(26)14(11-24)32-22/h6,8,10,14,16-18,22-24,26-28H,3-5,7,9,11H2,1-2H3/t14-,16-,17+,18-,22-/m1/s1. The molecule has 184 valence electrons. The fraction of sp³-hybridized carbons (Fsp3) is 0.591. The Bertz CT molecular complexity index is 914. The summed E-state index contributed by atoms with van der Waals surface area (Å²) in [6.07, 6.45) is -5.52. The maximum Gasteiger partial charge on any atom is 0.306 e. The number of hydrogen-bond donors (Lipinski definition) is 5. The van der Waals surface area contributed by atoms with Crippen molar-refractivity contribution in [3.8, 4) is 11.5 Å². The maximum atomic E-state index is 12.0. The second-order valence-corrected chi connectivity index (χ2v) is 7.61. The molecule has 0 saturated carbocycles. The molecule has 0 bridgehead atoms. The van der Waals surface area contributed by atoms with Gasteiger partial charge in [-0.2, -0.15) is 0 Å². The van der Waals surface area contributed by atoms with E-state index in [4.69, 9.17) is 23.4 Å². The van der Waals surface area contributed by atoms with Gasteiger partial charge in [-0.1, -0.05) is 0 Å². The number of likely N-dealkylation sites (N-methyl/N-ethyl adjacent to an activating group) is 1. The SMILES string of the molecule is CCOC(=O)CCc1cc2ccoc2c(OCCNC)c1O[C@H]1O[C@H](CO)[C@@H](O)[C@H](O)[C@H]1O. The average Bonchev–Trinajstić information content (AvgIpc) is 3.27. The molecule has 11 heteroatoms. The highest BCUT2D eigenvalue weighted by Gasteiger charge is 2.45. The van der Waals surface area contributed by atoms with E-state index in [2.05, 4.69) is 5.32 Å². The summed E-state index contributed by atoms with van der Waals surface area (Å²) in [5.41, 5.74) is 0.957. The summed E-state index contributed by atoms with van der Waals surface area (Å²) in [6, 6.07) is 3.51. The Morgan fingerprint density at radius 3 is 2.67 bits per heavy atom. The zero-order valence-electron chi connectivity index (χ0n) is 18.6. The highest BCUT2D eigenvalue weighted by Crippen LogP contribution is 2.42. The molecule has 0 amide bonds. The summed E-state index contributed by atoms with van der Waals surface area (Å²) >= 11 is 0. The Balaban J connectivity index is 1.99. The van der Waals surface area contributed by atoms with Crippen molar-refractivity contribution in [1.29, 1.82) is 0 Å². The summed E-state index contributed by atoms with van der Waals surface area (Å²) in [5.74, 6) is 0.00647. The molecule has 1 aliphatic rings. The van der Waals surface area contributed by atoms with Crippen molar-refractivity contribution in [1.82, 2.24) is 5.32 Å². The van der Waals surface area contributed by atoms with Crippen LogP contribution in [0.2, 0.25) is 0 Å². The third-order valence-corrected chi connectivity index (χ3v) is 5.31. The first-order valence-corrected chi connectivity index (χ1v) is 10.8. The van der Waals surface area contributed by atoms with Crippen LogP contribution in [0.15, 0.2) is 22.8 Å². The number of aliphatic hydroxyl groups is 4. The third kappa shape index (κ3) is 5.75. The number of carbonyl (C=O) groups excluding carboxylic acids is 1. The number of benzene rings is 1. The van der Waals surface area contributed by atoms with Gasteiger partial charge in [-0.05, 0) is 38.1 Å². The van der Waals surface area contributed by atoms with Crippen molar-refractivity contribution in [2.75, 3.05) is 33.4 Å². The van der Waals surface area contributed by atoms with Crippen LogP contribution in [0.25, 0.3) is 11.0 Å². The quantitative estimate of drug-likeness (QED) is 0.217. The summed E-state index contributed by atoms with van der Waals surface area (Å²) in [7, 11) is 1.77. The predicted molar refractivity (Wildman–Crippen MR) is 115 cm³/mol. The fourth-order valence-corrected chi connectivity index (χ4v) is 3.57. The van der Waals surface area contributed by atoms with Gasteiger partial charge < -0.3 is 49.1 Å². The average molecular weight is 469 g/mol. The van der Waals surface area contributed by atoms with Crippen LogP contribution in [0, 0.1) is 0 Å². The Kier molecular flexibility index (Phi) is 8.89. The number of aryl methyl sites for hydroxylation is 1. The van der Waals surface area contributed by atoms with Crippen molar-refractivity contribution in [2.24, 2.45) is 0 Å². The highest BCUT2D eigenvalue weighted by atomic mass is 16.7. The third-order valence-electron chi connectivity index (χ3n) is 5.31. The van der Waals surface area contributed by atoms with E-state index in [1.165, 1.54) is 6.26 Å². The number of ether oxygens (including phenoxy) is 4. The van der Waals surface area contributed by atoms with Crippen molar-refractivity contribution < 1.29 is 48.6 Å². The van der Waals surface area contributed by atoms with Gasteiger partial charge in [0.25, 0.3) is 0 Å². The van der Waals surface area contributed by atoms with Crippen LogP contribution in [0.5, 0.6) is 11.5 Å². The summed E-state index contributed by atoms with van der Waals surface area (Å²) in [5, 5.41) is 43.8. The number of fused-ring (bicyclic) bond motifs is 1. The second-order valence-electron chi connectivity index (χ2n) is 7.61. The number of esters is 1. The molecule has 0 spiro atoms. The minimum absolute atomic E-state index is 0.0677. The molecular weight excluding hydrogens is 438 g/mol. The zero-order valence-corrected chi connectivity index (χ0v) is 18.6. The number of nitrogens with one attached hydrogen (secondary N) is 1. The van der Waals surface area contributed by atoms with Gasteiger partial charge >= 0.3 is 5.97 Å². The number of hydrogen-bond acceptors (Lipinski definition) is 11. The van der Waals surface area contributed by atoms with E-state index in [1.807, 2.05) is 0 Å². The van der Waals surface area contributed by atoms with Gasteiger partial charge in [-0.15, -0.1) is 0 Å². The van der Waals surface area contributed by atoms with Crippen LogP contribution in [-0.4, -0.2) is 90.5 Å². The van der Waals surface area contributed by atoms with Gasteiger partial charge in [0.15, 0.2) is 11.3 Å². The van der Waals surface area contributed by atoms with E-state index in [1.54, 1.807) is 26.1 Å². The van der Waals surface area contributed by atoms with Gasteiger partial charge in [0.2, 0.25) is 12.0 Å². The van der Waals surface area contributed by atoms with E-state index in [0.29, 0.717) is 17.7 Å². The van der Waals surface area contributed by atoms with Crippen LogP contribution in [0.1, 0.15) is 18.9 Å². The van der Waals surface area contributed by atoms with Crippen LogP contribution >= 0.6 is 0 Å². The molecule has 11 nitrogen and oxygen atoms in total. The molecule has 1 aromatic heterocycles. The number of furan rings is 1. The topological polar surface area (TPSA) is 160 Å². The minimum atomic E-state index is -1.61. The molecule has 0 aliphatic carbocycles. The van der Waals surface area contributed by atoms with Crippen LogP contribution in [-0.2, 0) is 20.7 Å². The first kappa shape index (κ1) is 25.2. The van der Waals surface area contributed by atoms with Gasteiger partial charge in [0, 0.05) is 18.4 Å². The molecule has 5 atom stereocenters. The molecule has 2 heterocycles. The molecule has 0 radical (unpaired) electrons. The number of rotatable bonds is 11. The van der Waals surface area contributed by atoms with E-state index < -0.39 is 37.3 Å². The fourth-order valence-electron chi connectivity index (χ4n) is 3.57. The van der Waals surface area contributed by atoms with Gasteiger partial charge in [-0.3, -0.25) is 4.79 Å². The Hall–Kier alpha value is -2.41. The monoisotopic (exact) mass is 469 g/mol. The first-order chi connectivity index (χ1) is 15.9. The molecule has 1 fully saturated rings. The predicted octanol–water partition coefficient (Wildman–Crippen LogP) is -0.295. The van der Waals surface area contributed by atoms with Crippen molar-refractivity contribution in [3.63, 3.8) is 0 Å². The van der Waals surface area contributed by atoms with Crippen molar-refractivity contribution in [3.05, 3.63) is 24.0 Å². The Morgan fingerprint density at radius 1 is 1.18 bits per heavy atom.